The van der Waals surface area contributed by atoms with Crippen molar-refractivity contribution in [2.45, 2.75) is 0 Å². The van der Waals surface area contributed by atoms with Crippen LogP contribution in [-0.2, 0) is 0 Å². The Morgan fingerprint density at radius 3 is 1.68 bits per heavy atom. The fourth-order valence-electron chi connectivity index (χ4n) is 1.74. The van der Waals surface area contributed by atoms with E-state index in [4.69, 9.17) is 0 Å². The SMILES string of the molecule is O=[N+]([O-])c1ccc2c([N+](=O)[O-])ccc([N+](=O)[O-])c2c1. The zero-order valence-corrected chi connectivity index (χ0v) is 9.18. The minimum Gasteiger partial charge on any atom is -0.258 e. The van der Waals surface area contributed by atoms with Crippen LogP contribution >= 0.6 is 0 Å². The van der Waals surface area contributed by atoms with Gasteiger partial charge in [-0.2, -0.15) is 0 Å². The summed E-state index contributed by atoms with van der Waals surface area (Å²) < 4.78 is 0. The Kier molecular flexibility index (Phi) is 2.79. The number of hydrogen-bond donors (Lipinski definition) is 0. The van der Waals surface area contributed by atoms with Crippen molar-refractivity contribution in [3.05, 3.63) is 60.7 Å². The summed E-state index contributed by atoms with van der Waals surface area (Å²) in [7, 11) is 0. The van der Waals surface area contributed by atoms with Gasteiger partial charge in [-0.3, -0.25) is 30.3 Å². The van der Waals surface area contributed by atoms with E-state index >= 15 is 0 Å². The highest BCUT2D eigenvalue weighted by Gasteiger charge is 2.22. The molecule has 9 nitrogen and oxygen atoms in total. The van der Waals surface area contributed by atoms with Crippen LogP contribution in [0.25, 0.3) is 10.8 Å². The van der Waals surface area contributed by atoms with Gasteiger partial charge in [0.15, 0.2) is 0 Å². The Hall–Kier alpha value is -3.10. The molecule has 0 N–H and O–H groups in total. The molecule has 0 heterocycles. The van der Waals surface area contributed by atoms with Crippen molar-refractivity contribution in [3.63, 3.8) is 0 Å². The number of nitrogens with zero attached hydrogens (tertiary/aromatic N) is 3. The molecular weight excluding hydrogens is 258 g/mol. The van der Waals surface area contributed by atoms with Gasteiger partial charge < -0.3 is 0 Å². The summed E-state index contributed by atoms with van der Waals surface area (Å²) in [6.07, 6.45) is 0. The van der Waals surface area contributed by atoms with Gasteiger partial charge in [-0.1, -0.05) is 0 Å². The number of nitro groups is 3. The molecule has 0 amide bonds. The molecule has 2 rings (SSSR count). The van der Waals surface area contributed by atoms with Crippen LogP contribution in [0.5, 0.6) is 0 Å². The molecule has 2 aromatic carbocycles. The summed E-state index contributed by atoms with van der Waals surface area (Å²) in [6.45, 7) is 0. The van der Waals surface area contributed by atoms with E-state index in [0.717, 1.165) is 30.3 Å². The Labute approximate surface area is 104 Å². The summed E-state index contributed by atoms with van der Waals surface area (Å²) in [5, 5.41) is 32.2. The van der Waals surface area contributed by atoms with E-state index in [0.29, 0.717) is 0 Å². The molecule has 0 aliphatic heterocycles. The zero-order valence-electron chi connectivity index (χ0n) is 9.18. The molecule has 19 heavy (non-hydrogen) atoms. The van der Waals surface area contributed by atoms with E-state index in [-0.39, 0.29) is 22.1 Å². The van der Waals surface area contributed by atoms with E-state index in [1.165, 1.54) is 0 Å². The van der Waals surface area contributed by atoms with Gasteiger partial charge in [0.05, 0.1) is 25.5 Å². The van der Waals surface area contributed by atoms with Gasteiger partial charge in [0.2, 0.25) is 0 Å². The van der Waals surface area contributed by atoms with Crippen molar-refractivity contribution in [3.8, 4) is 0 Å². The minimum absolute atomic E-state index is 0.00944. The predicted octanol–water partition coefficient (Wildman–Crippen LogP) is 2.56. The summed E-state index contributed by atoms with van der Waals surface area (Å²) in [6, 6.07) is 5.13. The van der Waals surface area contributed by atoms with Crippen LogP contribution in [0.1, 0.15) is 0 Å². The number of non-ortho nitro benzene ring substituents is 3. The van der Waals surface area contributed by atoms with Gasteiger partial charge in [0.25, 0.3) is 17.1 Å². The zero-order chi connectivity index (χ0) is 14.2. The molecule has 0 aliphatic carbocycles. The van der Waals surface area contributed by atoms with Crippen molar-refractivity contribution >= 4 is 27.8 Å². The molecule has 2 aromatic rings. The molecular formula is C10H5N3O6. The first-order chi connectivity index (χ1) is 8.91. The Bertz CT molecular complexity index is 727. The summed E-state index contributed by atoms with van der Waals surface area (Å²) in [5.41, 5.74) is -1.11. The van der Waals surface area contributed by atoms with Crippen molar-refractivity contribution in [1.82, 2.24) is 0 Å². The Morgan fingerprint density at radius 1 is 0.684 bits per heavy atom. The standard InChI is InChI=1S/C10H5N3O6/c14-11(15)6-1-2-7-8(5-6)10(13(18)19)4-3-9(7)12(16)17/h1-5H. The smallest absolute Gasteiger partial charge is 0.258 e. The normalized spacial score (nSPS) is 10.3. The molecule has 96 valence electrons. The minimum atomic E-state index is -0.740. The maximum Gasteiger partial charge on any atom is 0.277 e. The fraction of sp³-hybridized carbons (Fsp3) is 0. The lowest BCUT2D eigenvalue weighted by molar-refractivity contribution is -0.387. The predicted molar refractivity (Wildman–Crippen MR) is 63.9 cm³/mol. The molecule has 0 aliphatic rings. The number of hydrogen-bond acceptors (Lipinski definition) is 6. The third kappa shape index (κ3) is 2.04. The molecule has 0 fully saturated rings. The van der Waals surface area contributed by atoms with E-state index in [2.05, 4.69) is 0 Å². The first kappa shape index (κ1) is 12.4. The van der Waals surface area contributed by atoms with Crippen LogP contribution in [0, 0.1) is 30.3 Å². The van der Waals surface area contributed by atoms with Crippen LogP contribution < -0.4 is 0 Å². The fourth-order valence-corrected chi connectivity index (χ4v) is 1.74. The van der Waals surface area contributed by atoms with Gasteiger partial charge in [0, 0.05) is 24.3 Å². The monoisotopic (exact) mass is 263 g/mol. The van der Waals surface area contributed by atoms with Crippen LogP contribution in [0.15, 0.2) is 30.3 Å². The Morgan fingerprint density at radius 2 is 1.21 bits per heavy atom. The first-order valence-corrected chi connectivity index (χ1v) is 4.91. The maximum atomic E-state index is 10.8. The quantitative estimate of drug-likeness (QED) is 0.617. The van der Waals surface area contributed by atoms with Gasteiger partial charge in [-0.05, 0) is 6.07 Å². The van der Waals surface area contributed by atoms with E-state index < -0.39 is 20.5 Å². The molecule has 0 spiro atoms. The first-order valence-electron chi connectivity index (χ1n) is 4.91. The van der Waals surface area contributed by atoms with Crippen molar-refractivity contribution in [2.75, 3.05) is 0 Å². The molecule has 0 saturated carbocycles. The highest BCUT2D eigenvalue weighted by molar-refractivity contribution is 5.98. The van der Waals surface area contributed by atoms with Gasteiger partial charge in [-0.15, -0.1) is 0 Å². The van der Waals surface area contributed by atoms with Gasteiger partial charge in [0.1, 0.15) is 0 Å². The molecule has 0 bridgehead atoms. The van der Waals surface area contributed by atoms with Crippen molar-refractivity contribution in [2.24, 2.45) is 0 Å². The van der Waals surface area contributed by atoms with E-state index in [1.807, 2.05) is 0 Å². The number of benzene rings is 2. The lowest BCUT2D eigenvalue weighted by Crippen LogP contribution is -1.95. The molecule has 0 atom stereocenters. The molecule has 0 aromatic heterocycles. The second kappa shape index (κ2) is 4.29. The molecule has 0 radical (unpaired) electrons. The van der Waals surface area contributed by atoms with Gasteiger partial charge >= 0.3 is 0 Å². The largest absolute Gasteiger partial charge is 0.277 e. The highest BCUT2D eigenvalue weighted by atomic mass is 16.6. The second-order valence-corrected chi connectivity index (χ2v) is 3.61. The average molecular weight is 263 g/mol. The number of rotatable bonds is 3. The summed E-state index contributed by atoms with van der Waals surface area (Å²) in [4.78, 5) is 30.1. The van der Waals surface area contributed by atoms with Crippen LogP contribution in [0.4, 0.5) is 17.1 Å². The maximum absolute atomic E-state index is 10.8. The van der Waals surface area contributed by atoms with Crippen LogP contribution in [0.2, 0.25) is 0 Å². The third-order valence-corrected chi connectivity index (χ3v) is 2.56. The average Bonchev–Trinajstić information content (AvgIpc) is 2.36. The van der Waals surface area contributed by atoms with Crippen molar-refractivity contribution < 1.29 is 14.8 Å². The number of fused-ring (bicyclic) bond motifs is 1. The second-order valence-electron chi connectivity index (χ2n) is 3.61. The summed E-state index contributed by atoms with van der Waals surface area (Å²) >= 11 is 0. The molecule has 0 unspecified atom stereocenters. The Balaban J connectivity index is 2.88. The van der Waals surface area contributed by atoms with Crippen LogP contribution in [0.3, 0.4) is 0 Å². The molecule has 0 saturated heterocycles. The van der Waals surface area contributed by atoms with Crippen molar-refractivity contribution in [1.29, 1.82) is 0 Å². The van der Waals surface area contributed by atoms with E-state index in [1.54, 1.807) is 0 Å². The highest BCUT2D eigenvalue weighted by Crippen LogP contribution is 2.34. The molecule has 9 heteroatoms. The topological polar surface area (TPSA) is 129 Å². The van der Waals surface area contributed by atoms with E-state index in [9.17, 15) is 30.3 Å². The third-order valence-electron chi connectivity index (χ3n) is 2.56. The lowest BCUT2D eigenvalue weighted by atomic mass is 10.1. The number of nitro benzene ring substituents is 3. The lowest BCUT2D eigenvalue weighted by Gasteiger charge is -2.01. The summed E-state index contributed by atoms with van der Waals surface area (Å²) in [5.74, 6) is 0. The van der Waals surface area contributed by atoms with Crippen LogP contribution in [-0.4, -0.2) is 14.8 Å². The van der Waals surface area contributed by atoms with Gasteiger partial charge in [-0.25, -0.2) is 0 Å².